The molecular weight excluding hydrogens is 410 g/mol. The molecule has 8 heteroatoms. The average molecular weight is 436 g/mol. The molecule has 0 radical (unpaired) electrons. The molecule has 0 aliphatic carbocycles. The second-order valence-corrected chi connectivity index (χ2v) is 9.53. The number of benzene rings is 2. The average Bonchev–Trinajstić information content (AvgIpc) is 2.69. The fourth-order valence-electron chi connectivity index (χ4n) is 3.64. The van der Waals surface area contributed by atoms with E-state index in [0.717, 1.165) is 24.3 Å². The third-order valence-corrected chi connectivity index (χ3v) is 6.67. The van der Waals surface area contributed by atoms with Gasteiger partial charge in [-0.15, -0.1) is 0 Å². The normalized spacial score (nSPS) is 14.8. The molecule has 1 aliphatic heterocycles. The zero-order chi connectivity index (χ0) is 21.2. The maximum absolute atomic E-state index is 12.9. The van der Waals surface area contributed by atoms with Crippen LogP contribution < -0.4 is 9.21 Å². The number of sulfonamides is 1. The fraction of sp³-hybridized carbons (Fsp3) is 0.381. The van der Waals surface area contributed by atoms with Crippen molar-refractivity contribution in [2.75, 3.05) is 48.2 Å². The smallest absolute Gasteiger partial charge is 0.253 e. The number of carbonyl (C=O) groups is 1. The Bertz CT molecular complexity index is 985. The van der Waals surface area contributed by atoms with Gasteiger partial charge in [-0.1, -0.05) is 17.7 Å². The SMILES string of the molecule is CCN(c1ccc(C(=O)N2CCN(c3cc(Cl)ccc3C)CC2)cc1)S(C)(=O)=O. The van der Waals surface area contributed by atoms with Gasteiger partial charge in [0.15, 0.2) is 0 Å². The second-order valence-electron chi connectivity index (χ2n) is 7.18. The Morgan fingerprint density at radius 3 is 2.24 bits per heavy atom. The van der Waals surface area contributed by atoms with E-state index < -0.39 is 10.0 Å². The van der Waals surface area contributed by atoms with E-state index in [2.05, 4.69) is 11.8 Å². The van der Waals surface area contributed by atoms with Gasteiger partial charge in [-0.25, -0.2) is 8.42 Å². The van der Waals surface area contributed by atoms with Gasteiger partial charge >= 0.3 is 0 Å². The zero-order valence-corrected chi connectivity index (χ0v) is 18.5. The molecule has 0 N–H and O–H groups in total. The van der Waals surface area contributed by atoms with Gasteiger partial charge in [0, 0.05) is 49.0 Å². The molecule has 2 aromatic rings. The van der Waals surface area contributed by atoms with Gasteiger partial charge in [-0.2, -0.15) is 0 Å². The van der Waals surface area contributed by atoms with Crippen molar-refractivity contribution in [1.29, 1.82) is 0 Å². The van der Waals surface area contributed by atoms with Gasteiger partial charge in [0.2, 0.25) is 10.0 Å². The van der Waals surface area contributed by atoms with Crippen LogP contribution in [0.1, 0.15) is 22.8 Å². The van der Waals surface area contributed by atoms with Gasteiger partial charge in [0.25, 0.3) is 5.91 Å². The lowest BCUT2D eigenvalue weighted by Gasteiger charge is -2.37. The van der Waals surface area contributed by atoms with Crippen molar-refractivity contribution in [3.8, 4) is 0 Å². The largest absolute Gasteiger partial charge is 0.368 e. The summed E-state index contributed by atoms with van der Waals surface area (Å²) in [5.74, 6) is -0.0404. The number of rotatable bonds is 5. The minimum absolute atomic E-state index is 0.0404. The molecule has 6 nitrogen and oxygen atoms in total. The number of anilines is 2. The Morgan fingerprint density at radius 1 is 1.07 bits per heavy atom. The van der Waals surface area contributed by atoms with Crippen molar-refractivity contribution in [3.63, 3.8) is 0 Å². The highest BCUT2D eigenvalue weighted by Gasteiger charge is 2.23. The van der Waals surface area contributed by atoms with E-state index in [-0.39, 0.29) is 5.91 Å². The maximum Gasteiger partial charge on any atom is 0.253 e. The van der Waals surface area contributed by atoms with E-state index in [1.807, 2.05) is 23.1 Å². The predicted molar refractivity (Wildman–Crippen MR) is 119 cm³/mol. The van der Waals surface area contributed by atoms with Crippen LogP contribution in [-0.4, -0.2) is 58.2 Å². The Morgan fingerprint density at radius 2 is 1.69 bits per heavy atom. The molecule has 0 saturated carbocycles. The Labute approximate surface area is 177 Å². The lowest BCUT2D eigenvalue weighted by atomic mass is 10.1. The maximum atomic E-state index is 12.9. The van der Waals surface area contributed by atoms with Gasteiger partial charge in [-0.3, -0.25) is 9.10 Å². The molecule has 0 unspecified atom stereocenters. The van der Waals surface area contributed by atoms with Gasteiger partial charge in [0.1, 0.15) is 0 Å². The molecule has 2 aromatic carbocycles. The minimum atomic E-state index is -3.34. The molecule has 1 aliphatic rings. The van der Waals surface area contributed by atoms with E-state index >= 15 is 0 Å². The molecule has 0 bridgehead atoms. The van der Waals surface area contributed by atoms with E-state index in [9.17, 15) is 13.2 Å². The van der Waals surface area contributed by atoms with Crippen molar-refractivity contribution in [2.24, 2.45) is 0 Å². The molecule has 0 aromatic heterocycles. The van der Waals surface area contributed by atoms with Crippen LogP contribution >= 0.6 is 11.6 Å². The van der Waals surface area contributed by atoms with Crippen molar-refractivity contribution >= 4 is 38.9 Å². The molecule has 1 heterocycles. The molecule has 0 atom stereocenters. The summed E-state index contributed by atoms with van der Waals surface area (Å²) in [6.45, 7) is 6.90. The van der Waals surface area contributed by atoms with Gasteiger partial charge in [-0.05, 0) is 55.8 Å². The molecule has 1 amide bonds. The van der Waals surface area contributed by atoms with Crippen LogP contribution in [0.4, 0.5) is 11.4 Å². The van der Waals surface area contributed by atoms with Crippen molar-refractivity contribution < 1.29 is 13.2 Å². The standard InChI is InChI=1S/C21H26ClN3O3S/c1-4-25(29(3,27)28)19-9-6-17(7-10-19)21(26)24-13-11-23(12-14-24)20-15-18(22)8-5-16(20)2/h5-10,15H,4,11-14H2,1-3H3. The first kappa shape index (κ1) is 21.5. The summed E-state index contributed by atoms with van der Waals surface area (Å²) in [6.07, 6.45) is 1.18. The molecular formula is C21H26ClN3O3S. The first-order valence-corrected chi connectivity index (χ1v) is 11.8. The van der Waals surface area contributed by atoms with Crippen molar-refractivity contribution in [3.05, 3.63) is 58.6 Å². The first-order chi connectivity index (χ1) is 13.7. The highest BCUT2D eigenvalue weighted by Crippen LogP contribution is 2.26. The second kappa shape index (κ2) is 8.63. The predicted octanol–water partition coefficient (Wildman–Crippen LogP) is 3.40. The van der Waals surface area contributed by atoms with Crippen molar-refractivity contribution in [2.45, 2.75) is 13.8 Å². The molecule has 1 saturated heterocycles. The number of carbonyl (C=O) groups excluding carboxylic acids is 1. The topological polar surface area (TPSA) is 60.9 Å². The van der Waals surface area contributed by atoms with E-state index in [0.29, 0.717) is 35.9 Å². The summed E-state index contributed by atoms with van der Waals surface area (Å²) in [4.78, 5) is 16.9. The van der Waals surface area contributed by atoms with Crippen molar-refractivity contribution in [1.82, 2.24) is 4.90 Å². The van der Waals surface area contributed by atoms with Crippen LogP contribution in [-0.2, 0) is 10.0 Å². The number of hydrogen-bond donors (Lipinski definition) is 0. The third-order valence-electron chi connectivity index (χ3n) is 5.17. The lowest BCUT2D eigenvalue weighted by molar-refractivity contribution is 0.0747. The van der Waals surface area contributed by atoms with Gasteiger partial charge < -0.3 is 9.80 Å². The Hall–Kier alpha value is -2.25. The summed E-state index contributed by atoms with van der Waals surface area (Å²) in [7, 11) is -3.34. The van der Waals surface area contributed by atoms with Crippen LogP contribution in [0.5, 0.6) is 0 Å². The Kier molecular flexibility index (Phi) is 6.39. The fourth-order valence-corrected chi connectivity index (χ4v) is 4.78. The molecule has 156 valence electrons. The van der Waals surface area contributed by atoms with Crippen LogP contribution in [0.15, 0.2) is 42.5 Å². The lowest BCUT2D eigenvalue weighted by Crippen LogP contribution is -2.49. The first-order valence-electron chi connectivity index (χ1n) is 9.59. The number of piperazine rings is 1. The monoisotopic (exact) mass is 435 g/mol. The quantitative estimate of drug-likeness (QED) is 0.722. The van der Waals surface area contributed by atoms with Crippen LogP contribution in [0.3, 0.4) is 0 Å². The zero-order valence-electron chi connectivity index (χ0n) is 16.9. The third kappa shape index (κ3) is 4.85. The van der Waals surface area contributed by atoms with Crippen LogP contribution in [0.2, 0.25) is 5.02 Å². The highest BCUT2D eigenvalue weighted by molar-refractivity contribution is 7.92. The number of aryl methyl sites for hydroxylation is 1. The molecule has 0 spiro atoms. The highest BCUT2D eigenvalue weighted by atomic mass is 35.5. The summed E-state index contributed by atoms with van der Waals surface area (Å²) < 4.78 is 25.0. The molecule has 1 fully saturated rings. The summed E-state index contributed by atoms with van der Waals surface area (Å²) in [6, 6.07) is 12.6. The number of nitrogens with zero attached hydrogens (tertiary/aromatic N) is 3. The Balaban J connectivity index is 1.67. The van der Waals surface area contributed by atoms with Crippen LogP contribution in [0, 0.1) is 6.92 Å². The molecule has 29 heavy (non-hydrogen) atoms. The van der Waals surface area contributed by atoms with E-state index in [1.165, 1.54) is 10.6 Å². The van der Waals surface area contributed by atoms with E-state index in [1.54, 1.807) is 31.2 Å². The minimum Gasteiger partial charge on any atom is -0.368 e. The van der Waals surface area contributed by atoms with E-state index in [4.69, 9.17) is 11.6 Å². The summed E-state index contributed by atoms with van der Waals surface area (Å²) >= 11 is 6.14. The van der Waals surface area contributed by atoms with Crippen LogP contribution in [0.25, 0.3) is 0 Å². The molecule has 3 rings (SSSR count). The summed E-state index contributed by atoms with van der Waals surface area (Å²) in [5, 5.41) is 0.708. The number of amides is 1. The number of halogens is 1. The summed E-state index contributed by atoms with van der Waals surface area (Å²) in [5.41, 5.74) is 3.39. The van der Waals surface area contributed by atoms with Gasteiger partial charge in [0.05, 0.1) is 11.9 Å². The number of hydrogen-bond acceptors (Lipinski definition) is 4.